The number of carbonyl (C=O) groups is 2. The van der Waals surface area contributed by atoms with E-state index in [9.17, 15) is 9.59 Å². The van der Waals surface area contributed by atoms with E-state index in [0.717, 1.165) is 13.1 Å². The van der Waals surface area contributed by atoms with E-state index in [-0.39, 0.29) is 24.2 Å². The Kier molecular flexibility index (Phi) is 8.48. The van der Waals surface area contributed by atoms with Crippen LogP contribution in [0.3, 0.4) is 0 Å². The van der Waals surface area contributed by atoms with Gasteiger partial charge < -0.3 is 20.7 Å². The minimum atomic E-state index is -0.758. The number of nitrogens with one attached hydrogen (secondary N) is 3. The highest BCUT2D eigenvalue weighted by Gasteiger charge is 2.39. The Morgan fingerprint density at radius 1 is 1.17 bits per heavy atom. The summed E-state index contributed by atoms with van der Waals surface area (Å²) < 4.78 is 5.45. The molecule has 3 N–H and O–H groups in total. The van der Waals surface area contributed by atoms with Crippen molar-refractivity contribution in [2.45, 2.75) is 18.4 Å². The average molecular weight is 376 g/mol. The van der Waals surface area contributed by atoms with Gasteiger partial charge in [0.2, 0.25) is 0 Å². The van der Waals surface area contributed by atoms with E-state index >= 15 is 0 Å². The van der Waals surface area contributed by atoms with E-state index in [1.54, 1.807) is 31.4 Å². The molecule has 1 fully saturated rings. The molecular weight excluding hydrogens is 353 g/mol. The number of carbonyl (C=O) groups excluding carboxylic acids is 2. The molecule has 1 aromatic rings. The van der Waals surface area contributed by atoms with Crippen LogP contribution < -0.4 is 16.0 Å². The van der Waals surface area contributed by atoms with Crippen molar-refractivity contribution in [2.24, 2.45) is 0 Å². The van der Waals surface area contributed by atoms with Gasteiger partial charge in [-0.15, -0.1) is 12.4 Å². The van der Waals surface area contributed by atoms with E-state index in [2.05, 4.69) is 16.0 Å². The SMILES string of the molecule is COC1(C(=O)NCCNC(=O)c2ccc(Cl)cc2)CCNCC1.Cl. The summed E-state index contributed by atoms with van der Waals surface area (Å²) in [6, 6.07) is 6.64. The summed E-state index contributed by atoms with van der Waals surface area (Å²) in [4.78, 5) is 24.2. The Morgan fingerprint density at radius 3 is 2.33 bits per heavy atom. The second kappa shape index (κ2) is 9.84. The second-order valence-electron chi connectivity index (χ2n) is 5.47. The Balaban J connectivity index is 0.00000288. The summed E-state index contributed by atoms with van der Waals surface area (Å²) in [7, 11) is 1.56. The van der Waals surface area contributed by atoms with Gasteiger partial charge in [0.25, 0.3) is 11.8 Å². The Hall–Kier alpha value is -1.34. The van der Waals surface area contributed by atoms with Crippen LogP contribution in [0.4, 0.5) is 0 Å². The largest absolute Gasteiger partial charge is 0.368 e. The first-order chi connectivity index (χ1) is 11.1. The van der Waals surface area contributed by atoms with Crippen molar-refractivity contribution >= 4 is 35.8 Å². The molecule has 0 radical (unpaired) electrons. The lowest BCUT2D eigenvalue weighted by molar-refractivity contribution is -0.146. The van der Waals surface area contributed by atoms with Crippen molar-refractivity contribution in [1.82, 2.24) is 16.0 Å². The van der Waals surface area contributed by atoms with Crippen LogP contribution in [-0.2, 0) is 9.53 Å². The normalized spacial score (nSPS) is 15.9. The maximum absolute atomic E-state index is 12.3. The molecular formula is C16H23Cl2N3O3. The summed E-state index contributed by atoms with van der Waals surface area (Å²) in [5.41, 5.74) is -0.224. The topological polar surface area (TPSA) is 79.5 Å². The highest BCUT2D eigenvalue weighted by molar-refractivity contribution is 6.30. The summed E-state index contributed by atoms with van der Waals surface area (Å²) in [5, 5.41) is 9.38. The molecule has 24 heavy (non-hydrogen) atoms. The maximum Gasteiger partial charge on any atom is 0.252 e. The molecule has 0 spiro atoms. The monoisotopic (exact) mass is 375 g/mol. The molecule has 0 aliphatic carbocycles. The molecule has 1 saturated heterocycles. The minimum Gasteiger partial charge on any atom is -0.368 e. The number of rotatable bonds is 6. The van der Waals surface area contributed by atoms with Crippen LogP contribution in [0.2, 0.25) is 5.02 Å². The number of benzene rings is 1. The lowest BCUT2D eigenvalue weighted by atomic mass is 9.91. The van der Waals surface area contributed by atoms with Crippen molar-refractivity contribution in [2.75, 3.05) is 33.3 Å². The molecule has 0 unspecified atom stereocenters. The van der Waals surface area contributed by atoms with Crippen LogP contribution in [0.15, 0.2) is 24.3 Å². The van der Waals surface area contributed by atoms with Gasteiger partial charge in [-0.05, 0) is 50.2 Å². The predicted octanol–water partition coefficient (Wildman–Crippen LogP) is 1.38. The first-order valence-electron chi connectivity index (χ1n) is 7.65. The predicted molar refractivity (Wildman–Crippen MR) is 95.9 cm³/mol. The van der Waals surface area contributed by atoms with Gasteiger partial charge in [0, 0.05) is 30.8 Å². The van der Waals surface area contributed by atoms with Gasteiger partial charge in [0.1, 0.15) is 5.60 Å². The zero-order valence-corrected chi connectivity index (χ0v) is 15.1. The Bertz CT molecular complexity index is 546. The van der Waals surface area contributed by atoms with Gasteiger partial charge in [0.15, 0.2) is 0 Å². The van der Waals surface area contributed by atoms with E-state index in [4.69, 9.17) is 16.3 Å². The fraction of sp³-hybridized carbons (Fsp3) is 0.500. The summed E-state index contributed by atoms with van der Waals surface area (Å²) in [5.74, 6) is -0.318. The van der Waals surface area contributed by atoms with Crippen molar-refractivity contribution in [3.8, 4) is 0 Å². The molecule has 2 rings (SSSR count). The highest BCUT2D eigenvalue weighted by Crippen LogP contribution is 2.22. The third-order valence-corrected chi connectivity index (χ3v) is 4.27. The third kappa shape index (κ3) is 5.34. The smallest absolute Gasteiger partial charge is 0.252 e. The fourth-order valence-electron chi connectivity index (χ4n) is 2.57. The van der Waals surface area contributed by atoms with Crippen molar-refractivity contribution in [3.63, 3.8) is 0 Å². The quantitative estimate of drug-likeness (QED) is 0.656. The van der Waals surface area contributed by atoms with E-state index in [1.807, 2.05) is 0 Å². The number of hydrogen-bond donors (Lipinski definition) is 3. The molecule has 1 heterocycles. The lowest BCUT2D eigenvalue weighted by Crippen LogP contribution is -2.54. The van der Waals surface area contributed by atoms with Crippen LogP contribution in [0.25, 0.3) is 0 Å². The molecule has 1 aliphatic rings. The van der Waals surface area contributed by atoms with Crippen LogP contribution in [-0.4, -0.2) is 50.7 Å². The summed E-state index contributed by atoms with van der Waals surface area (Å²) >= 11 is 5.78. The number of ether oxygens (including phenoxy) is 1. The van der Waals surface area contributed by atoms with E-state index < -0.39 is 5.60 Å². The zero-order valence-electron chi connectivity index (χ0n) is 13.6. The van der Waals surface area contributed by atoms with Gasteiger partial charge in [-0.2, -0.15) is 0 Å². The third-order valence-electron chi connectivity index (χ3n) is 4.02. The summed E-state index contributed by atoms with van der Waals surface area (Å²) in [6.45, 7) is 2.23. The van der Waals surface area contributed by atoms with Gasteiger partial charge in [-0.1, -0.05) is 11.6 Å². The molecule has 6 nitrogen and oxygen atoms in total. The summed E-state index contributed by atoms with van der Waals surface area (Å²) in [6.07, 6.45) is 1.29. The number of methoxy groups -OCH3 is 1. The molecule has 2 amide bonds. The molecule has 0 atom stereocenters. The van der Waals surface area contributed by atoms with Crippen molar-refractivity contribution < 1.29 is 14.3 Å². The average Bonchev–Trinajstić information content (AvgIpc) is 2.59. The highest BCUT2D eigenvalue weighted by atomic mass is 35.5. The number of halogens is 2. The molecule has 134 valence electrons. The van der Waals surface area contributed by atoms with Crippen LogP contribution in [0.5, 0.6) is 0 Å². The zero-order chi connectivity index (χ0) is 16.7. The van der Waals surface area contributed by atoms with Gasteiger partial charge >= 0.3 is 0 Å². The second-order valence-corrected chi connectivity index (χ2v) is 5.90. The van der Waals surface area contributed by atoms with Crippen molar-refractivity contribution in [1.29, 1.82) is 0 Å². The molecule has 0 bridgehead atoms. The van der Waals surface area contributed by atoms with Gasteiger partial charge in [-0.3, -0.25) is 9.59 Å². The van der Waals surface area contributed by atoms with Crippen LogP contribution >= 0.6 is 24.0 Å². The van der Waals surface area contributed by atoms with E-state index in [1.165, 1.54) is 0 Å². The lowest BCUT2D eigenvalue weighted by Gasteiger charge is -2.34. The standard InChI is InChI=1S/C16H22ClN3O3.ClH/c1-23-16(6-8-18-9-7-16)15(22)20-11-10-19-14(21)12-2-4-13(17)5-3-12;/h2-5,18H,6-11H2,1H3,(H,19,21)(H,20,22);1H. The Labute approximate surface area is 153 Å². The molecule has 8 heteroatoms. The minimum absolute atomic E-state index is 0. The number of hydrogen-bond acceptors (Lipinski definition) is 4. The first-order valence-corrected chi connectivity index (χ1v) is 8.03. The van der Waals surface area contributed by atoms with Crippen molar-refractivity contribution in [3.05, 3.63) is 34.9 Å². The van der Waals surface area contributed by atoms with E-state index in [0.29, 0.717) is 36.5 Å². The molecule has 0 aromatic heterocycles. The molecule has 1 aromatic carbocycles. The number of amides is 2. The fourth-order valence-corrected chi connectivity index (χ4v) is 2.70. The molecule has 0 saturated carbocycles. The molecule has 1 aliphatic heterocycles. The van der Waals surface area contributed by atoms with Crippen LogP contribution in [0, 0.1) is 0 Å². The Morgan fingerprint density at radius 2 is 1.75 bits per heavy atom. The maximum atomic E-state index is 12.3. The van der Waals surface area contributed by atoms with Crippen LogP contribution in [0.1, 0.15) is 23.2 Å². The van der Waals surface area contributed by atoms with Gasteiger partial charge in [0.05, 0.1) is 0 Å². The first kappa shape index (κ1) is 20.7. The number of piperidine rings is 1. The van der Waals surface area contributed by atoms with Gasteiger partial charge in [-0.25, -0.2) is 0 Å².